The van der Waals surface area contributed by atoms with E-state index in [4.69, 9.17) is 1.34 Å². The Balaban J connectivity index is 0. The molecule has 0 aliphatic heterocycles. The first-order chi connectivity index (χ1) is 2.27. The second-order valence-corrected chi connectivity index (χ2v) is 9.19. The molecule has 0 unspecified atom stereocenters. The van der Waals surface area contributed by atoms with Gasteiger partial charge >= 0.3 is 7.53 Å². The number of hydrogen-bond donors (Lipinski definition) is 0. The fourth-order valence-corrected chi connectivity index (χ4v) is 0. The van der Waals surface area contributed by atoms with Crippen LogP contribution < -0.4 is 0 Å². The zero-order valence-corrected chi connectivity index (χ0v) is 7.31. The van der Waals surface area contributed by atoms with Gasteiger partial charge in [0.25, 0.3) is 0 Å². The molecule has 0 saturated carbocycles. The molecule has 5 heavy (non-hydrogen) atoms. The summed E-state index contributed by atoms with van der Waals surface area (Å²) in [5, 5.41) is -0.707. The van der Waals surface area contributed by atoms with E-state index >= 15 is 0 Å². The molecule has 0 saturated heterocycles. The van der Waals surface area contributed by atoms with Crippen LogP contribution in [-0.2, 0) is 16.5 Å². The Bertz CT molecular complexity index is 27.5. The second kappa shape index (κ2) is 5.95. The smallest absolute Gasteiger partial charge is 0 e. The quantitative estimate of drug-likeness (QED) is 0.498. The molecule has 0 aromatic rings. The monoisotopic (exact) mass is 261 g/mol. The third-order valence-corrected chi connectivity index (χ3v) is 0. The van der Waals surface area contributed by atoms with E-state index in [9.17, 15) is 0 Å². The zero-order valence-electron chi connectivity index (χ0n) is 3.15. The van der Waals surface area contributed by atoms with E-state index in [0.717, 1.165) is 0 Å². The summed E-state index contributed by atoms with van der Waals surface area (Å²) in [5.41, 5.74) is 0. The largest absolute Gasteiger partial charge is 0.358 e. The molecular weight excluding hydrogens is 260 g/mol. The van der Waals surface area contributed by atoms with Gasteiger partial charge in [0.15, 0.2) is 0 Å². The topological polar surface area (TPSA) is 0 Å². The summed E-state index contributed by atoms with van der Waals surface area (Å²) < 4.78 is 6.48. The molecule has 0 atom stereocenters. The molecule has 0 fully saturated rings. The van der Waals surface area contributed by atoms with Crippen LogP contribution in [0, 0.1) is 0 Å². The van der Waals surface area contributed by atoms with Gasteiger partial charge in [-0.3, -0.25) is 0 Å². The van der Waals surface area contributed by atoms with Crippen LogP contribution in [0.2, 0.25) is 0 Å². The van der Waals surface area contributed by atoms with Gasteiger partial charge in [-0.2, -0.15) is 0 Å². The summed E-state index contributed by atoms with van der Waals surface area (Å²) in [7, 11) is 1.35. The Morgan fingerprint density at radius 3 is 2.00 bits per heavy atom. The van der Waals surface area contributed by atoms with Gasteiger partial charge in [-0.05, 0) is 0 Å². The van der Waals surface area contributed by atoms with Crippen molar-refractivity contribution in [2.24, 2.45) is 0 Å². The summed E-state index contributed by atoms with van der Waals surface area (Å²) in [5.74, 6) is 0. The molecule has 0 nitrogen and oxygen atoms in total. The Labute approximate surface area is 61.3 Å². The molecule has 0 bridgehead atoms. The van der Waals surface area contributed by atoms with Gasteiger partial charge in [0.1, 0.15) is 31.0 Å². The van der Waals surface area contributed by atoms with Crippen LogP contribution in [0.5, 0.6) is 0 Å². The van der Waals surface area contributed by atoms with Crippen molar-refractivity contribution in [3.8, 4) is 0 Å². The SMILES string of the molecule is [2H][B][PH+](Br)Br.[Ni]. The minimum Gasteiger partial charge on any atom is 0 e. The van der Waals surface area contributed by atoms with Crippen molar-refractivity contribution in [3.05, 3.63) is 0 Å². The van der Waals surface area contributed by atoms with Gasteiger partial charge in [-0.15, -0.1) is 0 Å². The standard InChI is InChI=1S/BBr2H2P.Ni/c1-4(2)3;/h1,4H;/q+1;/i1D;. The van der Waals surface area contributed by atoms with E-state index < -0.39 is 5.20 Å². The van der Waals surface area contributed by atoms with E-state index in [1.165, 1.54) is 7.53 Å². The van der Waals surface area contributed by atoms with Crippen LogP contribution in [0.15, 0.2) is 0 Å². The van der Waals surface area contributed by atoms with Crippen molar-refractivity contribution in [1.82, 2.24) is 0 Å². The molecule has 0 aliphatic rings. The summed E-state index contributed by atoms with van der Waals surface area (Å²) in [6.45, 7) is 0. The Morgan fingerprint density at radius 2 is 2.00 bits per heavy atom. The van der Waals surface area contributed by atoms with E-state index in [1.54, 1.807) is 0 Å². The van der Waals surface area contributed by atoms with Crippen molar-refractivity contribution in [3.63, 3.8) is 0 Å². The van der Waals surface area contributed by atoms with Crippen molar-refractivity contribution in [2.45, 2.75) is 0 Å². The summed E-state index contributed by atoms with van der Waals surface area (Å²) in [4.78, 5) is 0. The second-order valence-electron chi connectivity index (χ2n) is 0.290. The first kappa shape index (κ1) is 6.95. The molecule has 0 N–H and O–H groups in total. The van der Waals surface area contributed by atoms with Gasteiger partial charge in [0, 0.05) is 17.8 Å². The molecule has 0 rings (SSSR count). The van der Waals surface area contributed by atoms with Crippen LogP contribution >= 0.6 is 36.2 Å². The molecule has 0 aromatic heterocycles. The van der Waals surface area contributed by atoms with Crippen LogP contribution in [0.25, 0.3) is 0 Å². The molecule has 0 spiro atoms. The van der Waals surface area contributed by atoms with Crippen molar-refractivity contribution in [2.75, 3.05) is 0 Å². The maximum absolute atomic E-state index is 6.48. The molecule has 0 amide bonds. The van der Waals surface area contributed by atoms with Gasteiger partial charge in [-0.1, -0.05) is 0 Å². The fraction of sp³-hybridized carbons (Fsp3) is 0. The Morgan fingerprint density at radius 1 is 1.80 bits per heavy atom. The summed E-state index contributed by atoms with van der Waals surface area (Å²) in [6, 6.07) is 0. The molecular formula is H2BBr2NiP+. The molecule has 0 aromatic carbocycles. The van der Waals surface area contributed by atoms with Crippen LogP contribution in [0.4, 0.5) is 0 Å². The third-order valence-electron chi connectivity index (χ3n) is 0. The number of hydrogen-bond acceptors (Lipinski definition) is 0. The minimum absolute atomic E-state index is 0. The molecule has 0 heterocycles. The number of halogens is 2. The van der Waals surface area contributed by atoms with E-state index in [0.29, 0.717) is 0 Å². The van der Waals surface area contributed by atoms with Crippen LogP contribution in [0.1, 0.15) is 0 Å². The Hall–Kier alpha value is 1.95. The fourth-order valence-electron chi connectivity index (χ4n) is 0. The zero-order chi connectivity index (χ0) is 4.28. The van der Waals surface area contributed by atoms with Crippen molar-refractivity contribution >= 4 is 43.7 Å². The molecule has 33 valence electrons. The van der Waals surface area contributed by atoms with Gasteiger partial charge in [0.2, 0.25) is 0 Å². The average molecular weight is 263 g/mol. The van der Waals surface area contributed by atoms with Crippen LogP contribution in [0.3, 0.4) is 0 Å². The first-order valence-electron chi connectivity index (χ1n) is 1.24. The van der Waals surface area contributed by atoms with Gasteiger partial charge in [0.05, 0.1) is 5.20 Å². The van der Waals surface area contributed by atoms with Gasteiger partial charge < -0.3 is 0 Å². The Kier molecular flexibility index (Phi) is 8.27. The predicted molar refractivity (Wildman–Crippen MR) is 33.3 cm³/mol. The molecule has 5 heteroatoms. The van der Waals surface area contributed by atoms with Crippen molar-refractivity contribution < 1.29 is 16.5 Å². The molecule has 1 radical (unpaired) electrons. The van der Waals surface area contributed by atoms with Gasteiger partial charge in [-0.25, -0.2) is 0 Å². The summed E-state index contributed by atoms with van der Waals surface area (Å²) >= 11 is 6.30. The third kappa shape index (κ3) is 24.4. The van der Waals surface area contributed by atoms with E-state index in [1.807, 2.05) is 0 Å². The predicted octanol–water partition coefficient (Wildman–Crippen LogP) is 1.63. The van der Waals surface area contributed by atoms with E-state index in [-0.39, 0.29) is 16.5 Å². The maximum Gasteiger partial charge on any atom is 0.358 e. The number of rotatable bonds is 1. The molecule has 0 aliphatic carbocycles. The van der Waals surface area contributed by atoms with Crippen molar-refractivity contribution in [1.29, 1.82) is 1.34 Å². The minimum atomic E-state index is -0.707. The van der Waals surface area contributed by atoms with Crippen LogP contribution in [-0.4, -0.2) is 8.86 Å². The van der Waals surface area contributed by atoms with E-state index in [2.05, 4.69) is 31.0 Å². The maximum atomic E-state index is 6.48. The normalized spacial score (nSPS) is 9.00. The first-order valence-corrected chi connectivity index (χ1v) is 6.76. The average Bonchev–Trinajstić information content (AvgIpc) is 1.38. The summed E-state index contributed by atoms with van der Waals surface area (Å²) in [6.07, 6.45) is 0.